The van der Waals surface area contributed by atoms with Gasteiger partial charge in [-0.25, -0.2) is 9.97 Å². The van der Waals surface area contributed by atoms with E-state index in [4.69, 9.17) is 5.73 Å². The van der Waals surface area contributed by atoms with Crippen molar-refractivity contribution in [3.05, 3.63) is 51.5 Å². The number of nitrogens with two attached hydrogens (primary N) is 1. The molecular weight excluding hydrogens is 284 g/mol. The van der Waals surface area contributed by atoms with Crippen molar-refractivity contribution in [2.24, 2.45) is 5.18 Å². The van der Waals surface area contributed by atoms with Gasteiger partial charge in [0.1, 0.15) is 17.8 Å². The van der Waals surface area contributed by atoms with Crippen LogP contribution in [-0.2, 0) is 0 Å². The van der Waals surface area contributed by atoms with Crippen molar-refractivity contribution in [3.63, 3.8) is 0 Å². The summed E-state index contributed by atoms with van der Waals surface area (Å²) in [4.78, 5) is 18.9. The van der Waals surface area contributed by atoms with Crippen LogP contribution in [0, 0.1) is 11.8 Å². The van der Waals surface area contributed by atoms with Crippen molar-refractivity contribution < 1.29 is 0 Å². The summed E-state index contributed by atoms with van der Waals surface area (Å²) in [6.45, 7) is 1.99. The van der Waals surface area contributed by atoms with Crippen LogP contribution in [-0.4, -0.2) is 9.97 Å². The molecule has 0 saturated heterocycles. The van der Waals surface area contributed by atoms with Gasteiger partial charge in [-0.1, -0.05) is 18.2 Å². The summed E-state index contributed by atoms with van der Waals surface area (Å²) < 4.78 is 0.886. The van der Waals surface area contributed by atoms with Crippen LogP contribution in [0.4, 0.5) is 11.5 Å². The number of nitrogen functional groups attached to an aromatic ring is 1. The summed E-state index contributed by atoms with van der Waals surface area (Å²) in [7, 11) is 0. The minimum atomic E-state index is 0.419. The quantitative estimate of drug-likeness (QED) is 0.736. The van der Waals surface area contributed by atoms with E-state index in [9.17, 15) is 4.91 Å². The van der Waals surface area contributed by atoms with Gasteiger partial charge in [-0.3, -0.25) is 0 Å². The molecule has 1 aromatic carbocycles. The van der Waals surface area contributed by atoms with Gasteiger partial charge in [0.25, 0.3) is 0 Å². The van der Waals surface area contributed by atoms with Crippen molar-refractivity contribution in [2.75, 3.05) is 5.73 Å². The monoisotopic (exact) mass is 296 g/mol. The van der Waals surface area contributed by atoms with Gasteiger partial charge < -0.3 is 5.73 Å². The smallest absolute Gasteiger partial charge is 0.144 e. The summed E-state index contributed by atoms with van der Waals surface area (Å²) >= 11 is 1.52. The standard InChI is InChI=1S/C15H12N4OS/c1-9-2-5-12(19-20)6-10(9)3-4-11-7-21-14-13(11)17-8-18-15(14)16/h2-8H,1H3,(H2,16,17,18)/b4-3+. The Balaban J connectivity index is 2.02. The Morgan fingerprint density at radius 3 is 2.86 bits per heavy atom. The molecule has 0 atom stereocenters. The van der Waals surface area contributed by atoms with E-state index in [0.717, 1.165) is 26.9 Å². The van der Waals surface area contributed by atoms with Gasteiger partial charge in [0.05, 0.1) is 10.2 Å². The van der Waals surface area contributed by atoms with Crippen LogP contribution in [0.15, 0.2) is 35.1 Å². The molecule has 3 aromatic rings. The third-order valence-electron chi connectivity index (χ3n) is 3.22. The highest BCUT2D eigenvalue weighted by Crippen LogP contribution is 2.29. The molecule has 0 unspecified atom stereocenters. The summed E-state index contributed by atoms with van der Waals surface area (Å²) in [5.74, 6) is 0.494. The number of rotatable bonds is 3. The van der Waals surface area contributed by atoms with Crippen LogP contribution in [0.25, 0.3) is 22.4 Å². The minimum Gasteiger partial charge on any atom is -0.382 e. The number of aryl methyl sites for hydroxylation is 1. The van der Waals surface area contributed by atoms with E-state index in [0.29, 0.717) is 11.5 Å². The largest absolute Gasteiger partial charge is 0.382 e. The molecule has 2 N–H and O–H groups in total. The number of aromatic nitrogens is 2. The van der Waals surface area contributed by atoms with Crippen LogP contribution < -0.4 is 5.73 Å². The molecule has 21 heavy (non-hydrogen) atoms. The lowest BCUT2D eigenvalue weighted by molar-refractivity contribution is 1.24. The molecule has 0 fully saturated rings. The zero-order valence-corrected chi connectivity index (χ0v) is 12.1. The Hall–Kier alpha value is -2.60. The molecular formula is C15H12N4OS. The fourth-order valence-electron chi connectivity index (χ4n) is 2.05. The molecule has 3 rings (SSSR count). The predicted octanol–water partition coefficient (Wildman–Crippen LogP) is 4.15. The highest BCUT2D eigenvalue weighted by molar-refractivity contribution is 7.18. The minimum absolute atomic E-state index is 0.419. The van der Waals surface area contributed by atoms with Crippen molar-refractivity contribution >= 4 is 45.2 Å². The Morgan fingerprint density at radius 2 is 2.05 bits per heavy atom. The Morgan fingerprint density at radius 1 is 1.24 bits per heavy atom. The first-order chi connectivity index (χ1) is 10.2. The molecule has 2 heterocycles. The first kappa shape index (κ1) is 13.4. The lowest BCUT2D eigenvalue weighted by Gasteiger charge is -2.00. The molecule has 0 radical (unpaired) electrons. The molecule has 0 aliphatic carbocycles. The highest BCUT2D eigenvalue weighted by Gasteiger charge is 2.06. The van der Waals surface area contributed by atoms with Gasteiger partial charge >= 0.3 is 0 Å². The fraction of sp³-hybridized carbons (Fsp3) is 0.0667. The zero-order chi connectivity index (χ0) is 14.8. The highest BCUT2D eigenvalue weighted by atomic mass is 32.1. The first-order valence-corrected chi connectivity index (χ1v) is 7.17. The maximum atomic E-state index is 10.6. The zero-order valence-electron chi connectivity index (χ0n) is 11.3. The second-order valence-electron chi connectivity index (χ2n) is 4.59. The average molecular weight is 296 g/mol. The van der Waals surface area contributed by atoms with Crippen LogP contribution >= 0.6 is 11.3 Å². The summed E-state index contributed by atoms with van der Waals surface area (Å²) in [5, 5.41) is 4.95. The van der Waals surface area contributed by atoms with Crippen molar-refractivity contribution in [1.29, 1.82) is 0 Å². The Bertz CT molecular complexity index is 854. The lowest BCUT2D eigenvalue weighted by Crippen LogP contribution is -1.90. The number of thiophene rings is 1. The number of benzene rings is 1. The van der Waals surface area contributed by atoms with Gasteiger partial charge in [0.2, 0.25) is 0 Å². The lowest BCUT2D eigenvalue weighted by atomic mass is 10.1. The Kier molecular flexibility index (Phi) is 3.45. The van der Waals surface area contributed by atoms with Gasteiger partial charge in [-0.05, 0) is 35.4 Å². The second kappa shape index (κ2) is 5.41. The van der Waals surface area contributed by atoms with Crippen LogP contribution in [0.5, 0.6) is 0 Å². The Labute approximate surface area is 125 Å². The number of fused-ring (bicyclic) bond motifs is 1. The third-order valence-corrected chi connectivity index (χ3v) is 4.23. The van der Waals surface area contributed by atoms with Gasteiger partial charge in [0.15, 0.2) is 0 Å². The number of nitrogens with zero attached hydrogens (tertiary/aromatic N) is 3. The van der Waals surface area contributed by atoms with Gasteiger partial charge in [-0.2, -0.15) is 0 Å². The van der Waals surface area contributed by atoms with E-state index >= 15 is 0 Å². The van der Waals surface area contributed by atoms with Gasteiger partial charge in [0, 0.05) is 10.9 Å². The normalized spacial score (nSPS) is 11.3. The predicted molar refractivity (Wildman–Crippen MR) is 87.4 cm³/mol. The molecule has 5 nitrogen and oxygen atoms in total. The van der Waals surface area contributed by atoms with Crippen molar-refractivity contribution in [2.45, 2.75) is 6.92 Å². The SMILES string of the molecule is Cc1ccc(N=O)cc1/C=C/c1csc2c(N)ncnc12. The number of hydrogen-bond acceptors (Lipinski definition) is 6. The molecule has 104 valence electrons. The first-order valence-electron chi connectivity index (χ1n) is 6.29. The maximum absolute atomic E-state index is 10.6. The summed E-state index contributed by atoms with van der Waals surface area (Å²) in [6.07, 6.45) is 5.37. The van der Waals surface area contributed by atoms with Crippen LogP contribution in [0.2, 0.25) is 0 Å². The van der Waals surface area contributed by atoms with E-state index in [2.05, 4.69) is 15.1 Å². The van der Waals surface area contributed by atoms with Crippen LogP contribution in [0.3, 0.4) is 0 Å². The summed E-state index contributed by atoms with van der Waals surface area (Å²) in [5.41, 5.74) is 10.1. The van der Waals surface area contributed by atoms with E-state index < -0.39 is 0 Å². The van der Waals surface area contributed by atoms with Crippen molar-refractivity contribution in [3.8, 4) is 0 Å². The number of anilines is 1. The van der Waals surface area contributed by atoms with E-state index in [-0.39, 0.29) is 0 Å². The topological polar surface area (TPSA) is 81.2 Å². The molecule has 6 heteroatoms. The third kappa shape index (κ3) is 2.53. The average Bonchev–Trinajstić information content (AvgIpc) is 2.91. The molecule has 0 aliphatic heterocycles. The van der Waals surface area contributed by atoms with E-state index in [1.807, 2.05) is 30.5 Å². The number of hydrogen-bond donors (Lipinski definition) is 1. The van der Waals surface area contributed by atoms with Crippen molar-refractivity contribution in [1.82, 2.24) is 9.97 Å². The van der Waals surface area contributed by atoms with E-state index in [1.165, 1.54) is 17.7 Å². The van der Waals surface area contributed by atoms with Gasteiger partial charge in [-0.15, -0.1) is 16.2 Å². The fourth-order valence-corrected chi connectivity index (χ4v) is 2.94. The van der Waals surface area contributed by atoms with E-state index in [1.54, 1.807) is 12.1 Å². The molecule has 0 amide bonds. The molecule has 2 aromatic heterocycles. The molecule has 0 spiro atoms. The van der Waals surface area contributed by atoms with Crippen LogP contribution in [0.1, 0.15) is 16.7 Å². The molecule has 0 aliphatic rings. The molecule has 0 bridgehead atoms. The number of nitroso groups, excluding NO2 is 1. The second-order valence-corrected chi connectivity index (χ2v) is 5.47. The maximum Gasteiger partial charge on any atom is 0.144 e. The molecule has 0 saturated carbocycles. The summed E-state index contributed by atoms with van der Waals surface area (Å²) in [6, 6.07) is 5.34.